The lowest BCUT2D eigenvalue weighted by atomic mass is 9.98. The average molecular weight is 551 g/mol. The first-order valence-corrected chi connectivity index (χ1v) is 12.2. The molecule has 0 unspecified atom stereocenters. The molecule has 1 heterocycles. The molecule has 0 radical (unpaired) electrons. The number of rotatable bonds is 10. The van der Waals surface area contributed by atoms with Gasteiger partial charge < -0.3 is 24.8 Å². The summed E-state index contributed by atoms with van der Waals surface area (Å²) in [7, 11) is 1.03. The Bertz CT molecular complexity index is 1530. The predicted molar refractivity (Wildman–Crippen MR) is 140 cm³/mol. The maximum absolute atomic E-state index is 12.9. The van der Waals surface area contributed by atoms with Gasteiger partial charge in [-0.25, -0.2) is 14.4 Å². The van der Waals surface area contributed by atoms with Gasteiger partial charge in [0.05, 0.1) is 7.11 Å². The smallest absolute Gasteiger partial charge is 0.407 e. The largest absolute Gasteiger partial charge is 0.480 e. The molecular formula is C27H26N4O9. The molecule has 3 aromatic rings. The quantitative estimate of drug-likeness (QED) is 0.308. The molecule has 40 heavy (non-hydrogen) atoms. The van der Waals surface area contributed by atoms with Gasteiger partial charge in [0.2, 0.25) is 5.91 Å². The third-order valence-corrected chi connectivity index (χ3v) is 6.40. The van der Waals surface area contributed by atoms with Gasteiger partial charge in [0.25, 0.3) is 5.56 Å². The maximum atomic E-state index is 12.9. The van der Waals surface area contributed by atoms with Crippen LogP contribution in [0.4, 0.5) is 4.79 Å². The number of benzene rings is 2. The average Bonchev–Trinajstić information content (AvgIpc) is 3.25. The van der Waals surface area contributed by atoms with Crippen molar-refractivity contribution in [1.29, 1.82) is 0 Å². The van der Waals surface area contributed by atoms with Crippen LogP contribution in [0, 0.1) is 0 Å². The number of hydrogen-bond donors (Lipinski definition) is 3. The van der Waals surface area contributed by atoms with Gasteiger partial charge in [-0.05, 0) is 22.3 Å². The fourth-order valence-corrected chi connectivity index (χ4v) is 4.58. The SMILES string of the molecule is COC(=O)c1cc(=O)[nH]c(=O)n1CC(=O)N(CCNC(=O)OCC1c2ccccc2-c2ccccc21)CC(=O)O. The van der Waals surface area contributed by atoms with E-state index in [1.165, 1.54) is 0 Å². The predicted octanol–water partition coefficient (Wildman–Crippen LogP) is 0.775. The lowest BCUT2D eigenvalue weighted by Crippen LogP contribution is -2.45. The van der Waals surface area contributed by atoms with Gasteiger partial charge in [-0.2, -0.15) is 0 Å². The van der Waals surface area contributed by atoms with Crippen LogP contribution in [0.3, 0.4) is 0 Å². The van der Waals surface area contributed by atoms with Crippen molar-refractivity contribution in [2.24, 2.45) is 0 Å². The Balaban J connectivity index is 1.37. The monoisotopic (exact) mass is 550 g/mol. The molecule has 0 spiro atoms. The molecule has 1 aliphatic carbocycles. The number of carbonyl (C=O) groups is 4. The molecular weight excluding hydrogens is 524 g/mol. The van der Waals surface area contributed by atoms with E-state index >= 15 is 0 Å². The van der Waals surface area contributed by atoms with E-state index in [4.69, 9.17) is 4.74 Å². The number of nitrogens with one attached hydrogen (secondary N) is 2. The number of carbonyl (C=O) groups excluding carboxylic acids is 3. The van der Waals surface area contributed by atoms with Crippen LogP contribution in [-0.4, -0.2) is 76.8 Å². The summed E-state index contributed by atoms with van der Waals surface area (Å²) in [5, 5.41) is 11.7. The van der Waals surface area contributed by atoms with Crippen molar-refractivity contribution in [1.82, 2.24) is 19.8 Å². The molecule has 208 valence electrons. The van der Waals surface area contributed by atoms with Gasteiger partial charge in [-0.3, -0.25) is 23.9 Å². The van der Waals surface area contributed by atoms with Gasteiger partial charge in [0, 0.05) is 25.1 Å². The topological polar surface area (TPSA) is 177 Å². The minimum atomic E-state index is -1.34. The summed E-state index contributed by atoms with van der Waals surface area (Å²) in [5.41, 5.74) is 1.84. The first-order valence-electron chi connectivity index (χ1n) is 12.2. The number of methoxy groups -OCH3 is 1. The van der Waals surface area contributed by atoms with E-state index in [9.17, 15) is 33.9 Å². The highest BCUT2D eigenvalue weighted by Gasteiger charge is 2.29. The van der Waals surface area contributed by atoms with Gasteiger partial charge in [0.15, 0.2) is 0 Å². The third-order valence-electron chi connectivity index (χ3n) is 6.40. The Morgan fingerprint density at radius 2 is 1.65 bits per heavy atom. The Kier molecular flexibility index (Phi) is 8.42. The Labute approximate surface area is 227 Å². The second-order valence-corrected chi connectivity index (χ2v) is 8.86. The second kappa shape index (κ2) is 12.1. The van der Waals surface area contributed by atoms with Crippen LogP contribution in [0.1, 0.15) is 27.5 Å². The number of aromatic nitrogens is 2. The van der Waals surface area contributed by atoms with Crippen LogP contribution in [0.2, 0.25) is 0 Å². The number of carboxylic acid groups (broad SMARTS) is 1. The molecule has 0 saturated carbocycles. The number of H-pyrrole nitrogens is 1. The molecule has 0 aliphatic heterocycles. The van der Waals surface area contributed by atoms with E-state index in [0.29, 0.717) is 4.57 Å². The number of carboxylic acids is 1. The summed E-state index contributed by atoms with van der Waals surface area (Å²) in [6.07, 6.45) is -0.755. The first kappa shape index (κ1) is 27.8. The molecule has 1 aliphatic rings. The van der Waals surface area contributed by atoms with E-state index in [1.54, 1.807) is 0 Å². The van der Waals surface area contributed by atoms with Crippen molar-refractivity contribution in [2.45, 2.75) is 12.5 Å². The van der Waals surface area contributed by atoms with Crippen LogP contribution < -0.4 is 16.6 Å². The maximum Gasteiger partial charge on any atom is 0.407 e. The van der Waals surface area contributed by atoms with E-state index in [1.807, 2.05) is 53.5 Å². The highest BCUT2D eigenvalue weighted by Crippen LogP contribution is 2.44. The van der Waals surface area contributed by atoms with Gasteiger partial charge in [-0.1, -0.05) is 48.5 Å². The van der Waals surface area contributed by atoms with Gasteiger partial charge in [-0.15, -0.1) is 0 Å². The Morgan fingerprint density at radius 3 is 2.25 bits per heavy atom. The van der Waals surface area contributed by atoms with E-state index < -0.39 is 54.0 Å². The fourth-order valence-electron chi connectivity index (χ4n) is 4.58. The molecule has 0 bridgehead atoms. The van der Waals surface area contributed by atoms with Gasteiger partial charge in [0.1, 0.15) is 25.4 Å². The zero-order valence-corrected chi connectivity index (χ0v) is 21.4. The number of nitrogens with zero attached hydrogens (tertiary/aromatic N) is 2. The molecule has 4 rings (SSSR count). The molecule has 3 N–H and O–H groups in total. The number of alkyl carbamates (subject to hydrolysis) is 1. The van der Waals surface area contributed by atoms with E-state index in [2.05, 4.69) is 10.1 Å². The number of esters is 1. The number of aliphatic carboxylic acids is 1. The Morgan fingerprint density at radius 1 is 1.02 bits per heavy atom. The fraction of sp³-hybridized carbons (Fsp3) is 0.259. The van der Waals surface area contributed by atoms with Crippen LogP contribution >= 0.6 is 0 Å². The minimum Gasteiger partial charge on any atom is -0.480 e. The second-order valence-electron chi connectivity index (χ2n) is 8.86. The highest BCUT2D eigenvalue weighted by atomic mass is 16.5. The van der Waals surface area contributed by atoms with Crippen LogP contribution in [0.5, 0.6) is 0 Å². The highest BCUT2D eigenvalue weighted by molar-refractivity contribution is 5.88. The normalized spacial score (nSPS) is 11.7. The number of aromatic amines is 1. The van der Waals surface area contributed by atoms with Crippen molar-refractivity contribution in [2.75, 3.05) is 33.4 Å². The van der Waals surface area contributed by atoms with Crippen LogP contribution in [-0.2, 0) is 25.6 Å². The number of amides is 2. The van der Waals surface area contributed by atoms with E-state index in [-0.39, 0.29) is 25.6 Å². The summed E-state index contributed by atoms with van der Waals surface area (Å²) in [6.45, 7) is -1.81. The zero-order chi connectivity index (χ0) is 28.8. The lowest BCUT2D eigenvalue weighted by molar-refractivity contribution is -0.144. The number of fused-ring (bicyclic) bond motifs is 3. The molecule has 0 atom stereocenters. The summed E-state index contributed by atoms with van der Waals surface area (Å²) < 4.78 is 10.7. The molecule has 2 aromatic carbocycles. The first-order chi connectivity index (χ1) is 19.2. The van der Waals surface area contributed by atoms with E-state index in [0.717, 1.165) is 40.3 Å². The van der Waals surface area contributed by atoms with Crippen molar-refractivity contribution in [3.8, 4) is 11.1 Å². The van der Waals surface area contributed by atoms with Crippen molar-refractivity contribution in [3.05, 3.63) is 92.3 Å². The zero-order valence-electron chi connectivity index (χ0n) is 21.4. The summed E-state index contributed by atoms with van der Waals surface area (Å²) >= 11 is 0. The number of hydrogen-bond acceptors (Lipinski definition) is 8. The van der Waals surface area contributed by atoms with Crippen molar-refractivity contribution >= 4 is 23.9 Å². The summed E-state index contributed by atoms with van der Waals surface area (Å²) in [6, 6.07) is 16.5. The molecule has 0 fully saturated rings. The Hall–Kier alpha value is -5.20. The van der Waals surface area contributed by atoms with Crippen molar-refractivity contribution in [3.63, 3.8) is 0 Å². The number of ether oxygens (including phenoxy) is 2. The molecule has 0 saturated heterocycles. The molecule has 1 aromatic heterocycles. The van der Waals surface area contributed by atoms with Gasteiger partial charge >= 0.3 is 23.7 Å². The van der Waals surface area contributed by atoms with Crippen LogP contribution in [0.15, 0.2) is 64.2 Å². The molecule has 13 nitrogen and oxygen atoms in total. The summed E-state index contributed by atoms with van der Waals surface area (Å²) in [5.74, 6) is -3.37. The lowest BCUT2D eigenvalue weighted by Gasteiger charge is -2.22. The third kappa shape index (κ3) is 6.09. The van der Waals surface area contributed by atoms with Crippen LogP contribution in [0.25, 0.3) is 11.1 Å². The van der Waals surface area contributed by atoms with Crippen molar-refractivity contribution < 1.29 is 33.8 Å². The summed E-state index contributed by atoms with van der Waals surface area (Å²) in [4.78, 5) is 75.3. The molecule has 13 heteroatoms. The molecule has 2 amide bonds. The standard InChI is InChI=1S/C27H26N4O9/c1-39-25(36)21-12-22(32)29-26(37)31(21)13-23(33)30(14-24(34)35)11-10-28-27(38)40-15-20-18-8-4-2-6-16(18)17-7-3-5-9-19(17)20/h2-9,12,20H,10-11,13-15H2,1H3,(H,28,38)(H,34,35)(H,29,32,37). The minimum absolute atomic E-state index is 0.0725.